The molecule has 1 heterocycles. The standard InChI is InChI=1S/C9H8BN/c1-2-4-8(5-3-1)9-6-7-10-11-9/h1-7,10H. The van der Waals surface area contributed by atoms with Crippen LogP contribution in [0.5, 0.6) is 0 Å². The van der Waals surface area contributed by atoms with Crippen molar-refractivity contribution in [3.05, 3.63) is 47.9 Å². The fourth-order valence-corrected chi connectivity index (χ4v) is 1.16. The average Bonchev–Trinajstić information content (AvgIpc) is 2.58. The minimum Gasteiger partial charge on any atom is -0.341 e. The van der Waals surface area contributed by atoms with Gasteiger partial charge in [0.05, 0.1) is 0 Å². The van der Waals surface area contributed by atoms with Gasteiger partial charge in [0.2, 0.25) is 0 Å². The lowest BCUT2D eigenvalue weighted by atomic mass is 10.00. The SMILES string of the molecule is B1C=CC(c2ccccc2)=N1. The van der Waals surface area contributed by atoms with E-state index in [4.69, 9.17) is 0 Å². The molecule has 0 N–H and O–H groups in total. The molecule has 1 aromatic rings. The Balaban J connectivity index is 2.37. The van der Waals surface area contributed by atoms with Gasteiger partial charge in [0.1, 0.15) is 0 Å². The molecule has 2 heteroatoms. The van der Waals surface area contributed by atoms with E-state index in [0.717, 1.165) is 13.1 Å². The molecule has 0 bridgehead atoms. The zero-order chi connectivity index (χ0) is 7.52. The molecule has 0 aromatic heterocycles. The molecule has 1 aromatic carbocycles. The lowest BCUT2D eigenvalue weighted by Gasteiger charge is -1.95. The summed E-state index contributed by atoms with van der Waals surface area (Å²) in [6, 6.07) is 10.2. The fraction of sp³-hybridized carbons (Fsp3) is 0. The molecule has 0 saturated heterocycles. The van der Waals surface area contributed by atoms with Gasteiger partial charge in [-0.1, -0.05) is 36.3 Å². The Kier molecular flexibility index (Phi) is 1.60. The van der Waals surface area contributed by atoms with Crippen LogP contribution in [-0.4, -0.2) is 13.1 Å². The molecular weight excluding hydrogens is 133 g/mol. The Bertz CT molecular complexity index is 301. The molecular formula is C9H8BN. The van der Waals surface area contributed by atoms with Crippen LogP contribution in [0.25, 0.3) is 0 Å². The first-order valence-corrected chi connectivity index (χ1v) is 3.73. The van der Waals surface area contributed by atoms with E-state index in [1.54, 1.807) is 0 Å². The van der Waals surface area contributed by atoms with Gasteiger partial charge < -0.3 is 4.90 Å². The molecule has 0 saturated carbocycles. The Morgan fingerprint density at radius 2 is 1.91 bits per heavy atom. The van der Waals surface area contributed by atoms with Crippen LogP contribution in [0.1, 0.15) is 5.56 Å². The summed E-state index contributed by atoms with van der Waals surface area (Å²) in [5.74, 6) is 2.07. The Labute approximate surface area is 66.7 Å². The van der Waals surface area contributed by atoms with Gasteiger partial charge in [-0.2, -0.15) is 0 Å². The van der Waals surface area contributed by atoms with E-state index in [9.17, 15) is 0 Å². The van der Waals surface area contributed by atoms with Crippen LogP contribution < -0.4 is 0 Å². The van der Waals surface area contributed by atoms with Crippen molar-refractivity contribution in [1.29, 1.82) is 0 Å². The van der Waals surface area contributed by atoms with Gasteiger partial charge in [0.15, 0.2) is 0 Å². The second-order valence-corrected chi connectivity index (χ2v) is 2.49. The lowest BCUT2D eigenvalue weighted by Crippen LogP contribution is -1.92. The van der Waals surface area contributed by atoms with E-state index in [0.29, 0.717) is 0 Å². The summed E-state index contributed by atoms with van der Waals surface area (Å²) >= 11 is 0. The summed E-state index contributed by atoms with van der Waals surface area (Å²) in [6.07, 6.45) is 2.06. The van der Waals surface area contributed by atoms with E-state index in [2.05, 4.69) is 29.1 Å². The lowest BCUT2D eigenvalue weighted by molar-refractivity contribution is 1.64. The van der Waals surface area contributed by atoms with E-state index >= 15 is 0 Å². The third kappa shape index (κ3) is 1.24. The van der Waals surface area contributed by atoms with Crippen LogP contribution in [-0.2, 0) is 0 Å². The molecule has 52 valence electrons. The summed E-state index contributed by atoms with van der Waals surface area (Å²) in [6.45, 7) is 0. The maximum atomic E-state index is 4.31. The zero-order valence-corrected chi connectivity index (χ0v) is 6.20. The highest BCUT2D eigenvalue weighted by Gasteiger charge is 2.01. The van der Waals surface area contributed by atoms with Gasteiger partial charge in [-0.25, -0.2) is 0 Å². The number of hydrogen-bond acceptors (Lipinski definition) is 1. The van der Waals surface area contributed by atoms with Crippen molar-refractivity contribution < 1.29 is 0 Å². The topological polar surface area (TPSA) is 12.4 Å². The molecule has 0 spiro atoms. The molecule has 1 nitrogen and oxygen atoms in total. The van der Waals surface area contributed by atoms with Crippen LogP contribution in [0.4, 0.5) is 0 Å². The second-order valence-electron chi connectivity index (χ2n) is 2.49. The average molecular weight is 141 g/mol. The minimum atomic E-state index is 0.838. The third-order valence-corrected chi connectivity index (χ3v) is 1.71. The zero-order valence-electron chi connectivity index (χ0n) is 6.20. The maximum absolute atomic E-state index is 4.31. The van der Waals surface area contributed by atoms with Crippen LogP contribution >= 0.6 is 0 Å². The van der Waals surface area contributed by atoms with Gasteiger partial charge in [-0.15, -0.1) is 0 Å². The van der Waals surface area contributed by atoms with Crippen molar-refractivity contribution in [3.8, 4) is 0 Å². The highest BCUT2D eigenvalue weighted by Crippen LogP contribution is 2.04. The summed E-state index contributed by atoms with van der Waals surface area (Å²) in [7, 11) is 0.838. The van der Waals surface area contributed by atoms with Crippen molar-refractivity contribution in [1.82, 2.24) is 0 Å². The van der Waals surface area contributed by atoms with E-state index in [-0.39, 0.29) is 0 Å². The van der Waals surface area contributed by atoms with Crippen LogP contribution in [0.3, 0.4) is 0 Å². The van der Waals surface area contributed by atoms with Crippen LogP contribution in [0.15, 0.2) is 47.3 Å². The number of allylic oxidation sites excluding steroid dienone is 1. The van der Waals surface area contributed by atoms with E-state index in [1.165, 1.54) is 5.56 Å². The molecule has 0 fully saturated rings. The van der Waals surface area contributed by atoms with Gasteiger partial charge in [0, 0.05) is 5.71 Å². The van der Waals surface area contributed by atoms with Crippen LogP contribution in [0, 0.1) is 0 Å². The highest BCUT2D eigenvalue weighted by molar-refractivity contribution is 6.48. The van der Waals surface area contributed by atoms with Gasteiger partial charge >= 0.3 is 0 Å². The quantitative estimate of drug-likeness (QED) is 0.523. The molecule has 1 aliphatic heterocycles. The van der Waals surface area contributed by atoms with Gasteiger partial charge in [-0.3, -0.25) is 0 Å². The number of rotatable bonds is 1. The molecule has 0 radical (unpaired) electrons. The van der Waals surface area contributed by atoms with Crippen LogP contribution in [0.2, 0.25) is 0 Å². The number of benzene rings is 1. The molecule has 11 heavy (non-hydrogen) atoms. The Morgan fingerprint density at radius 1 is 1.09 bits per heavy atom. The minimum absolute atomic E-state index is 0.838. The first-order valence-electron chi connectivity index (χ1n) is 3.73. The second kappa shape index (κ2) is 2.75. The fourth-order valence-electron chi connectivity index (χ4n) is 1.16. The molecule has 2 rings (SSSR count). The summed E-state index contributed by atoms with van der Waals surface area (Å²) < 4.78 is 0. The van der Waals surface area contributed by atoms with Crippen molar-refractivity contribution in [3.63, 3.8) is 0 Å². The predicted molar refractivity (Wildman–Crippen MR) is 49.3 cm³/mol. The van der Waals surface area contributed by atoms with Crippen molar-refractivity contribution in [2.45, 2.75) is 0 Å². The Morgan fingerprint density at radius 3 is 2.55 bits per heavy atom. The van der Waals surface area contributed by atoms with Crippen molar-refractivity contribution >= 4 is 13.1 Å². The number of nitrogens with zero attached hydrogens (tertiary/aromatic N) is 1. The molecule has 0 unspecified atom stereocenters. The van der Waals surface area contributed by atoms with Gasteiger partial charge in [-0.05, 0) is 11.6 Å². The molecule has 1 aliphatic rings. The van der Waals surface area contributed by atoms with E-state index < -0.39 is 0 Å². The summed E-state index contributed by atoms with van der Waals surface area (Å²) in [5, 5.41) is 0. The summed E-state index contributed by atoms with van der Waals surface area (Å²) in [5.41, 5.74) is 2.31. The molecule has 0 atom stereocenters. The van der Waals surface area contributed by atoms with E-state index in [1.807, 2.05) is 18.2 Å². The van der Waals surface area contributed by atoms with Gasteiger partial charge in [0.25, 0.3) is 7.41 Å². The Hall–Kier alpha value is -1.31. The number of hydrogen-bond donors (Lipinski definition) is 0. The summed E-state index contributed by atoms with van der Waals surface area (Å²) in [4.78, 5) is 4.31. The smallest absolute Gasteiger partial charge is 0.288 e. The molecule has 0 aliphatic carbocycles. The first-order chi connectivity index (χ1) is 5.47. The highest BCUT2D eigenvalue weighted by atomic mass is 14.6. The maximum Gasteiger partial charge on any atom is 0.288 e. The molecule has 0 amide bonds. The van der Waals surface area contributed by atoms with Crippen molar-refractivity contribution in [2.24, 2.45) is 4.90 Å². The normalized spacial score (nSPS) is 14.4. The first kappa shape index (κ1) is 6.41. The van der Waals surface area contributed by atoms with Crippen molar-refractivity contribution in [2.75, 3.05) is 0 Å². The predicted octanol–water partition coefficient (Wildman–Crippen LogP) is 1.35. The largest absolute Gasteiger partial charge is 0.341 e. The third-order valence-electron chi connectivity index (χ3n) is 1.71. The monoisotopic (exact) mass is 141 g/mol.